The molecule has 2 aromatic carbocycles. The van der Waals surface area contributed by atoms with Crippen LogP contribution in [0.4, 0.5) is 4.79 Å². The van der Waals surface area contributed by atoms with Gasteiger partial charge in [0.2, 0.25) is 5.91 Å². The number of nitrogens with zero attached hydrogens (tertiary/aromatic N) is 1. The highest BCUT2D eigenvalue weighted by Crippen LogP contribution is 2.44. The third-order valence-electron chi connectivity index (χ3n) is 7.19. The quantitative estimate of drug-likeness (QED) is 0.540. The number of carboxylic acid groups (broad SMARTS) is 1. The lowest BCUT2D eigenvalue weighted by atomic mass is 9.96. The van der Waals surface area contributed by atoms with E-state index in [0.29, 0.717) is 32.4 Å². The number of nitrogens with one attached hydrogen (secondary N) is 1. The van der Waals surface area contributed by atoms with E-state index in [1.807, 2.05) is 24.3 Å². The molecule has 2 N–H and O–H groups in total. The predicted molar refractivity (Wildman–Crippen MR) is 133 cm³/mol. The fourth-order valence-electron chi connectivity index (χ4n) is 5.20. The molecule has 35 heavy (non-hydrogen) atoms. The topological polar surface area (TPSA) is 95.9 Å². The van der Waals surface area contributed by atoms with Gasteiger partial charge in [0.1, 0.15) is 6.61 Å². The van der Waals surface area contributed by atoms with E-state index in [1.165, 1.54) is 11.1 Å². The van der Waals surface area contributed by atoms with Crippen LogP contribution in [-0.2, 0) is 14.3 Å². The summed E-state index contributed by atoms with van der Waals surface area (Å²) in [7, 11) is 0. The number of unbranched alkanes of at least 4 members (excludes halogenated alkanes) is 1. The number of benzene rings is 2. The van der Waals surface area contributed by atoms with Gasteiger partial charge in [0.25, 0.3) is 0 Å². The minimum Gasteiger partial charge on any atom is -0.481 e. The summed E-state index contributed by atoms with van der Waals surface area (Å²) in [6, 6.07) is 16.1. The third-order valence-corrected chi connectivity index (χ3v) is 7.19. The Morgan fingerprint density at radius 1 is 1.03 bits per heavy atom. The number of fused-ring (bicyclic) bond motifs is 3. The van der Waals surface area contributed by atoms with Crippen molar-refractivity contribution in [2.75, 3.05) is 19.7 Å². The van der Waals surface area contributed by atoms with Gasteiger partial charge in [-0.05, 0) is 41.5 Å². The van der Waals surface area contributed by atoms with Crippen molar-refractivity contribution in [3.8, 4) is 11.1 Å². The maximum Gasteiger partial charge on any atom is 0.407 e. The van der Waals surface area contributed by atoms with E-state index in [9.17, 15) is 19.5 Å². The minimum atomic E-state index is -0.796. The van der Waals surface area contributed by atoms with Crippen molar-refractivity contribution in [2.24, 2.45) is 5.92 Å². The molecule has 2 aliphatic rings. The molecular weight excluding hydrogens is 444 g/mol. The van der Waals surface area contributed by atoms with Crippen molar-refractivity contribution in [3.63, 3.8) is 0 Å². The molecule has 1 saturated heterocycles. The van der Waals surface area contributed by atoms with E-state index < -0.39 is 12.1 Å². The Labute approximate surface area is 206 Å². The molecule has 0 aromatic heterocycles. The standard InChI is InChI=1S/C28H34N2O5/c1-2-3-8-20(17-26(31)30-15-13-19(14-16-30)27(32)33)29-28(34)35-18-25-23-11-6-4-9-21(23)22-10-5-7-12-24(22)25/h4-7,9-12,19-20,25H,2-3,8,13-18H2,1H3,(H,29,34)(H,32,33). The number of piperidine rings is 1. The first kappa shape index (κ1) is 24.8. The van der Waals surface area contributed by atoms with Gasteiger partial charge in [-0.1, -0.05) is 68.3 Å². The molecule has 1 atom stereocenters. The number of likely N-dealkylation sites (tertiary alicyclic amines) is 1. The second-order valence-electron chi connectivity index (χ2n) is 9.51. The van der Waals surface area contributed by atoms with E-state index in [-0.39, 0.29) is 36.8 Å². The zero-order chi connectivity index (χ0) is 24.8. The number of aliphatic carboxylic acids is 1. The maximum atomic E-state index is 12.9. The van der Waals surface area contributed by atoms with Crippen molar-refractivity contribution in [1.29, 1.82) is 0 Å². The molecule has 2 amide bonds. The second-order valence-corrected chi connectivity index (χ2v) is 9.51. The molecule has 0 saturated carbocycles. The van der Waals surface area contributed by atoms with Gasteiger partial charge in [-0.3, -0.25) is 9.59 Å². The van der Waals surface area contributed by atoms with Gasteiger partial charge in [0.05, 0.1) is 5.92 Å². The number of carboxylic acids is 1. The minimum absolute atomic E-state index is 0.0144. The Morgan fingerprint density at radius 3 is 2.20 bits per heavy atom. The molecule has 186 valence electrons. The molecule has 4 rings (SSSR count). The number of carbonyl (C=O) groups is 3. The zero-order valence-corrected chi connectivity index (χ0v) is 20.2. The largest absolute Gasteiger partial charge is 0.481 e. The van der Waals surface area contributed by atoms with E-state index in [0.717, 1.165) is 24.0 Å². The molecule has 0 spiro atoms. The van der Waals surface area contributed by atoms with Crippen molar-refractivity contribution in [3.05, 3.63) is 59.7 Å². The van der Waals surface area contributed by atoms with Gasteiger partial charge in [0, 0.05) is 31.5 Å². The lowest BCUT2D eigenvalue weighted by molar-refractivity contribution is -0.145. The number of rotatable bonds is 9. The highest BCUT2D eigenvalue weighted by atomic mass is 16.5. The number of amides is 2. The number of hydrogen-bond acceptors (Lipinski definition) is 4. The average molecular weight is 479 g/mol. The van der Waals surface area contributed by atoms with E-state index in [1.54, 1.807) is 4.90 Å². The second kappa shape index (κ2) is 11.4. The molecule has 1 unspecified atom stereocenters. The fraction of sp³-hybridized carbons (Fsp3) is 0.464. The van der Waals surface area contributed by atoms with Crippen LogP contribution in [0.2, 0.25) is 0 Å². The first-order chi connectivity index (χ1) is 17.0. The smallest absolute Gasteiger partial charge is 0.407 e. The molecule has 1 heterocycles. The molecule has 2 aromatic rings. The van der Waals surface area contributed by atoms with Gasteiger partial charge in [-0.25, -0.2) is 4.79 Å². The number of ether oxygens (including phenoxy) is 1. The molecule has 0 radical (unpaired) electrons. The zero-order valence-electron chi connectivity index (χ0n) is 20.2. The summed E-state index contributed by atoms with van der Waals surface area (Å²) in [6.07, 6.45) is 3.18. The summed E-state index contributed by atoms with van der Waals surface area (Å²) in [5.41, 5.74) is 4.67. The lowest BCUT2D eigenvalue weighted by Gasteiger charge is -2.31. The summed E-state index contributed by atoms with van der Waals surface area (Å²) in [4.78, 5) is 38.5. The van der Waals surface area contributed by atoms with Crippen molar-refractivity contribution >= 4 is 18.0 Å². The number of hydrogen-bond donors (Lipinski definition) is 2. The summed E-state index contributed by atoms with van der Waals surface area (Å²) in [5.74, 6) is -1.24. The van der Waals surface area contributed by atoms with Gasteiger partial charge < -0.3 is 20.1 Å². The Morgan fingerprint density at radius 2 is 1.63 bits per heavy atom. The van der Waals surface area contributed by atoms with Crippen LogP contribution < -0.4 is 5.32 Å². The predicted octanol–water partition coefficient (Wildman–Crippen LogP) is 4.80. The van der Waals surface area contributed by atoms with Gasteiger partial charge in [-0.2, -0.15) is 0 Å². The molecule has 1 fully saturated rings. The van der Waals surface area contributed by atoms with Crippen LogP contribution in [0.1, 0.15) is 62.5 Å². The molecule has 7 nitrogen and oxygen atoms in total. The summed E-state index contributed by atoms with van der Waals surface area (Å²) in [6.45, 7) is 3.20. The SMILES string of the molecule is CCCCC(CC(=O)N1CCC(C(=O)O)CC1)NC(=O)OCC1c2ccccc2-c2ccccc21. The molecule has 0 bridgehead atoms. The van der Waals surface area contributed by atoms with Crippen LogP contribution in [0.15, 0.2) is 48.5 Å². The highest BCUT2D eigenvalue weighted by Gasteiger charge is 2.30. The Kier molecular flexibility index (Phi) is 8.06. The lowest BCUT2D eigenvalue weighted by Crippen LogP contribution is -2.44. The van der Waals surface area contributed by atoms with Crippen LogP contribution >= 0.6 is 0 Å². The summed E-state index contributed by atoms with van der Waals surface area (Å²) in [5, 5.41) is 12.1. The van der Waals surface area contributed by atoms with Crippen molar-refractivity contribution in [1.82, 2.24) is 10.2 Å². The fourth-order valence-corrected chi connectivity index (χ4v) is 5.20. The van der Waals surface area contributed by atoms with Crippen LogP contribution in [0, 0.1) is 5.92 Å². The highest BCUT2D eigenvalue weighted by molar-refractivity contribution is 5.80. The van der Waals surface area contributed by atoms with Gasteiger partial charge >= 0.3 is 12.1 Å². The molecule has 7 heteroatoms. The van der Waals surface area contributed by atoms with Crippen molar-refractivity contribution < 1.29 is 24.2 Å². The molecular formula is C28H34N2O5. The molecule has 1 aliphatic heterocycles. The summed E-state index contributed by atoms with van der Waals surface area (Å²) < 4.78 is 5.68. The maximum absolute atomic E-state index is 12.9. The normalized spacial score (nSPS) is 16.3. The Bertz CT molecular complexity index is 1020. The van der Waals surface area contributed by atoms with Crippen LogP contribution in [0.25, 0.3) is 11.1 Å². The van der Waals surface area contributed by atoms with E-state index in [2.05, 4.69) is 36.5 Å². The van der Waals surface area contributed by atoms with Gasteiger partial charge in [0.15, 0.2) is 0 Å². The number of alkyl carbamates (subject to hydrolysis) is 1. The third kappa shape index (κ3) is 5.84. The van der Waals surface area contributed by atoms with Gasteiger partial charge in [-0.15, -0.1) is 0 Å². The monoisotopic (exact) mass is 478 g/mol. The van der Waals surface area contributed by atoms with Crippen LogP contribution in [-0.4, -0.2) is 53.7 Å². The summed E-state index contributed by atoms with van der Waals surface area (Å²) >= 11 is 0. The Balaban J connectivity index is 1.33. The number of carbonyl (C=O) groups excluding carboxylic acids is 2. The first-order valence-corrected chi connectivity index (χ1v) is 12.6. The van der Waals surface area contributed by atoms with E-state index in [4.69, 9.17) is 4.74 Å². The van der Waals surface area contributed by atoms with E-state index >= 15 is 0 Å². The average Bonchev–Trinajstić information content (AvgIpc) is 3.19. The Hall–Kier alpha value is -3.35. The van der Waals surface area contributed by atoms with Crippen LogP contribution in [0.3, 0.4) is 0 Å². The first-order valence-electron chi connectivity index (χ1n) is 12.6. The molecule has 1 aliphatic carbocycles. The van der Waals surface area contributed by atoms with Crippen LogP contribution in [0.5, 0.6) is 0 Å². The van der Waals surface area contributed by atoms with Crippen molar-refractivity contribution in [2.45, 2.75) is 57.4 Å².